The van der Waals surface area contributed by atoms with Gasteiger partial charge < -0.3 is 9.72 Å². The van der Waals surface area contributed by atoms with E-state index in [0.29, 0.717) is 22.2 Å². The minimum atomic E-state index is -2.90. The molecule has 4 aromatic rings. The maximum atomic E-state index is 14.7. The van der Waals surface area contributed by atoms with Crippen LogP contribution in [0.15, 0.2) is 65.8 Å². The number of aromatic amines is 1. The Kier molecular flexibility index (Phi) is 6.21. The van der Waals surface area contributed by atoms with Gasteiger partial charge in [0.2, 0.25) is 5.56 Å². The van der Waals surface area contributed by atoms with Gasteiger partial charge in [0.05, 0.1) is 23.3 Å². The van der Waals surface area contributed by atoms with Crippen molar-refractivity contribution in [2.75, 3.05) is 13.1 Å². The number of alkyl halides is 2. The monoisotopic (exact) mass is 498 g/mol. The maximum Gasteiger partial charge on any atom is 0.257 e. The number of pyridine rings is 3. The number of piperidine rings is 1. The largest absolute Gasteiger partial charge is 0.453 e. The topological polar surface area (TPSA) is 71.1 Å². The van der Waals surface area contributed by atoms with Gasteiger partial charge in [0.15, 0.2) is 11.6 Å². The lowest BCUT2D eigenvalue weighted by Gasteiger charge is -2.41. The van der Waals surface area contributed by atoms with Crippen LogP contribution in [0.2, 0.25) is 0 Å². The molecule has 1 aliphatic heterocycles. The van der Waals surface area contributed by atoms with Gasteiger partial charge in [-0.2, -0.15) is 0 Å². The first-order chi connectivity index (χ1) is 17.2. The van der Waals surface area contributed by atoms with Crippen molar-refractivity contribution in [2.45, 2.75) is 31.2 Å². The second-order valence-electron chi connectivity index (χ2n) is 8.87. The van der Waals surface area contributed by atoms with Crippen LogP contribution in [0, 0.1) is 11.6 Å². The first-order valence-electron chi connectivity index (χ1n) is 11.4. The number of fused-ring (bicyclic) bond motifs is 1. The number of hydrogen-bond acceptors (Lipinski definition) is 5. The number of benzene rings is 1. The lowest BCUT2D eigenvalue weighted by Crippen LogP contribution is -2.46. The number of rotatable bonds is 5. The molecule has 36 heavy (non-hydrogen) atoms. The summed E-state index contributed by atoms with van der Waals surface area (Å²) < 4.78 is 62.0. The van der Waals surface area contributed by atoms with E-state index in [1.54, 1.807) is 18.3 Å². The van der Waals surface area contributed by atoms with Crippen LogP contribution in [-0.2, 0) is 0 Å². The third kappa shape index (κ3) is 4.81. The number of nitrogens with one attached hydrogen (secondary N) is 1. The van der Waals surface area contributed by atoms with Crippen molar-refractivity contribution >= 4 is 10.9 Å². The fourth-order valence-corrected chi connectivity index (χ4v) is 4.44. The number of hydrogen-bond donors (Lipinski definition) is 1. The number of nitrogens with zero attached hydrogens (tertiary/aromatic N) is 3. The Morgan fingerprint density at radius 2 is 1.94 bits per heavy atom. The summed E-state index contributed by atoms with van der Waals surface area (Å²) in [5.74, 6) is -5.36. The fourth-order valence-electron chi connectivity index (χ4n) is 4.44. The number of H-pyrrole nitrogens is 1. The summed E-state index contributed by atoms with van der Waals surface area (Å²) in [5, 5.41) is 0.641. The molecule has 1 saturated heterocycles. The van der Waals surface area contributed by atoms with E-state index < -0.39 is 23.5 Å². The van der Waals surface area contributed by atoms with Crippen LogP contribution in [0.4, 0.5) is 17.6 Å². The Balaban J connectivity index is 1.35. The van der Waals surface area contributed by atoms with Crippen LogP contribution in [0.5, 0.6) is 11.5 Å². The van der Waals surface area contributed by atoms with Crippen LogP contribution in [0.3, 0.4) is 0 Å². The average Bonchev–Trinajstić information content (AvgIpc) is 2.85. The molecule has 0 aliphatic carbocycles. The predicted octanol–water partition coefficient (Wildman–Crippen LogP) is 5.57. The molecule has 5 rings (SSSR count). The molecule has 0 spiro atoms. The molecule has 2 unspecified atom stereocenters. The fraction of sp³-hybridized carbons (Fsp3) is 0.269. The van der Waals surface area contributed by atoms with Crippen LogP contribution in [0.1, 0.15) is 36.6 Å². The van der Waals surface area contributed by atoms with Crippen LogP contribution in [-0.4, -0.2) is 38.9 Å². The Bertz CT molecular complexity index is 1460. The summed E-state index contributed by atoms with van der Waals surface area (Å²) in [6.45, 7) is 2.19. The summed E-state index contributed by atoms with van der Waals surface area (Å²) in [6.07, 6.45) is 4.06. The van der Waals surface area contributed by atoms with Crippen molar-refractivity contribution in [2.24, 2.45) is 0 Å². The van der Waals surface area contributed by atoms with Crippen molar-refractivity contribution in [3.8, 4) is 11.5 Å². The molecule has 3 aromatic heterocycles. The van der Waals surface area contributed by atoms with Crippen molar-refractivity contribution < 1.29 is 22.3 Å². The Labute approximate surface area is 203 Å². The summed E-state index contributed by atoms with van der Waals surface area (Å²) in [4.78, 5) is 24.7. The SMILES string of the molecule is CC(c1cc2ncc(Oc3ccc(F)cc3F)cc2cn1)N1CCC(F)(F)C(c2ccc(=O)[nH]c2)C1. The lowest BCUT2D eigenvalue weighted by molar-refractivity contribution is -0.0826. The molecule has 2 atom stereocenters. The first-order valence-corrected chi connectivity index (χ1v) is 11.4. The highest BCUT2D eigenvalue weighted by atomic mass is 19.3. The highest BCUT2D eigenvalue weighted by Crippen LogP contribution is 2.42. The molecule has 0 radical (unpaired) electrons. The molecular formula is C26H22F4N4O2. The first kappa shape index (κ1) is 23.9. The predicted molar refractivity (Wildman–Crippen MR) is 125 cm³/mol. The zero-order chi connectivity index (χ0) is 25.4. The van der Waals surface area contributed by atoms with E-state index >= 15 is 0 Å². The second-order valence-corrected chi connectivity index (χ2v) is 8.87. The van der Waals surface area contributed by atoms with Gasteiger partial charge in [-0.1, -0.05) is 6.07 Å². The smallest absolute Gasteiger partial charge is 0.257 e. The molecule has 1 fully saturated rings. The van der Waals surface area contributed by atoms with Gasteiger partial charge in [0, 0.05) is 55.5 Å². The van der Waals surface area contributed by atoms with Crippen LogP contribution < -0.4 is 10.3 Å². The van der Waals surface area contributed by atoms with E-state index in [-0.39, 0.29) is 42.6 Å². The number of likely N-dealkylation sites (tertiary alicyclic amines) is 1. The summed E-state index contributed by atoms with van der Waals surface area (Å²) in [7, 11) is 0. The highest BCUT2D eigenvalue weighted by Gasteiger charge is 2.46. The van der Waals surface area contributed by atoms with Gasteiger partial charge in [-0.3, -0.25) is 19.7 Å². The molecule has 1 aliphatic rings. The van der Waals surface area contributed by atoms with Gasteiger partial charge in [-0.05, 0) is 36.8 Å². The minimum absolute atomic E-state index is 0.101. The molecule has 0 amide bonds. The third-order valence-electron chi connectivity index (χ3n) is 6.53. The lowest BCUT2D eigenvalue weighted by atomic mass is 9.87. The van der Waals surface area contributed by atoms with Gasteiger partial charge >= 0.3 is 0 Å². The molecule has 6 nitrogen and oxygen atoms in total. The van der Waals surface area contributed by atoms with E-state index in [2.05, 4.69) is 15.0 Å². The molecule has 1 aromatic carbocycles. The van der Waals surface area contributed by atoms with E-state index in [1.807, 2.05) is 11.8 Å². The number of halogens is 4. The number of aromatic nitrogens is 3. The second kappa shape index (κ2) is 9.34. The molecule has 1 N–H and O–H groups in total. The van der Waals surface area contributed by atoms with Crippen molar-refractivity contribution in [1.29, 1.82) is 0 Å². The molecular weight excluding hydrogens is 476 g/mol. The van der Waals surface area contributed by atoms with Gasteiger partial charge in [0.25, 0.3) is 5.92 Å². The summed E-state index contributed by atoms with van der Waals surface area (Å²) in [5.41, 5.74) is 1.32. The summed E-state index contributed by atoms with van der Waals surface area (Å²) >= 11 is 0. The zero-order valence-electron chi connectivity index (χ0n) is 19.2. The Morgan fingerprint density at radius 3 is 2.69 bits per heavy atom. The molecule has 4 heterocycles. The normalized spacial score (nSPS) is 18.8. The van der Waals surface area contributed by atoms with Crippen molar-refractivity contribution in [3.05, 3.63) is 94.3 Å². The van der Waals surface area contributed by atoms with Gasteiger partial charge in [-0.25, -0.2) is 17.6 Å². The molecule has 10 heteroatoms. The minimum Gasteiger partial charge on any atom is -0.453 e. The molecule has 186 valence electrons. The maximum absolute atomic E-state index is 14.7. The third-order valence-corrected chi connectivity index (χ3v) is 6.53. The molecule has 0 saturated carbocycles. The van der Waals surface area contributed by atoms with Gasteiger partial charge in [0.1, 0.15) is 11.6 Å². The Hall–Kier alpha value is -3.79. The Morgan fingerprint density at radius 1 is 1.11 bits per heavy atom. The highest BCUT2D eigenvalue weighted by molar-refractivity contribution is 5.79. The average molecular weight is 498 g/mol. The van der Waals surface area contributed by atoms with E-state index in [9.17, 15) is 22.4 Å². The zero-order valence-corrected chi connectivity index (χ0v) is 19.2. The van der Waals surface area contributed by atoms with E-state index in [1.165, 1.54) is 30.6 Å². The standard InChI is InChI=1S/C26H22F4N4O2/c1-15(34-7-6-26(29,30)20(14-34)16-2-5-25(35)33-11-16)22-10-23-17(12-31-22)8-19(13-32-23)36-24-4-3-18(27)9-21(24)28/h2-5,8-13,15,20H,6-7,14H2,1H3,(H,33,35). The van der Waals surface area contributed by atoms with Crippen LogP contribution in [0.25, 0.3) is 10.9 Å². The van der Waals surface area contributed by atoms with Crippen molar-refractivity contribution in [3.63, 3.8) is 0 Å². The van der Waals surface area contributed by atoms with E-state index in [0.717, 1.165) is 12.1 Å². The summed E-state index contributed by atoms with van der Waals surface area (Å²) in [6, 6.07) is 8.89. The number of ether oxygens (including phenoxy) is 1. The van der Waals surface area contributed by atoms with Crippen LogP contribution >= 0.6 is 0 Å². The van der Waals surface area contributed by atoms with Crippen molar-refractivity contribution in [1.82, 2.24) is 19.9 Å². The molecule has 0 bridgehead atoms. The van der Waals surface area contributed by atoms with Gasteiger partial charge in [-0.15, -0.1) is 0 Å². The van der Waals surface area contributed by atoms with E-state index in [4.69, 9.17) is 4.74 Å². The quantitative estimate of drug-likeness (QED) is 0.364.